The van der Waals surface area contributed by atoms with E-state index < -0.39 is 0 Å². The van der Waals surface area contributed by atoms with Crippen LogP contribution in [0.2, 0.25) is 0 Å². The Balaban J connectivity index is 2.45. The highest BCUT2D eigenvalue weighted by molar-refractivity contribution is 5.87. The summed E-state index contributed by atoms with van der Waals surface area (Å²) in [6.45, 7) is 12.7. The van der Waals surface area contributed by atoms with Gasteiger partial charge in [-0.2, -0.15) is 0 Å². The van der Waals surface area contributed by atoms with Gasteiger partial charge in [0.2, 0.25) is 0 Å². The zero-order valence-corrected chi connectivity index (χ0v) is 9.64. The number of rotatable bonds is 2. The third-order valence-corrected chi connectivity index (χ3v) is 2.48. The first kappa shape index (κ1) is 10.6. The van der Waals surface area contributed by atoms with Gasteiger partial charge in [0.05, 0.1) is 5.71 Å². The summed E-state index contributed by atoms with van der Waals surface area (Å²) in [5.41, 5.74) is 1.43. The summed E-state index contributed by atoms with van der Waals surface area (Å²) in [6, 6.07) is 0. The molecular formula is C11H21NO. The second kappa shape index (κ2) is 3.00. The van der Waals surface area contributed by atoms with Crippen LogP contribution in [-0.2, 0) is 4.84 Å². The normalized spacial score (nSPS) is 27.2. The van der Waals surface area contributed by atoms with E-state index in [1.54, 1.807) is 0 Å². The van der Waals surface area contributed by atoms with E-state index in [4.69, 9.17) is 4.84 Å². The Morgan fingerprint density at radius 3 is 2.15 bits per heavy atom. The van der Waals surface area contributed by atoms with E-state index in [1.807, 2.05) is 20.8 Å². The average Bonchev–Trinajstić information content (AvgIpc) is 2.53. The minimum atomic E-state index is -0.166. The van der Waals surface area contributed by atoms with Crippen LogP contribution in [0.25, 0.3) is 0 Å². The molecule has 1 rings (SSSR count). The molecule has 0 aromatic carbocycles. The summed E-state index contributed by atoms with van der Waals surface area (Å²) in [6.07, 6.45) is 1.25. The van der Waals surface area contributed by atoms with Crippen LogP contribution in [0.5, 0.6) is 0 Å². The van der Waals surface area contributed by atoms with Gasteiger partial charge in [-0.1, -0.05) is 19.0 Å². The minimum Gasteiger partial charge on any atom is -0.390 e. The molecule has 0 radical (unpaired) electrons. The lowest BCUT2D eigenvalue weighted by molar-refractivity contribution is 0.000203. The topological polar surface area (TPSA) is 21.6 Å². The largest absolute Gasteiger partial charge is 0.390 e. The van der Waals surface area contributed by atoms with E-state index in [1.165, 1.54) is 6.42 Å². The molecule has 0 N–H and O–H groups in total. The molecule has 0 saturated heterocycles. The summed E-state index contributed by atoms with van der Waals surface area (Å²) in [5, 5.41) is 4.17. The smallest absolute Gasteiger partial charge is 0.129 e. The maximum Gasteiger partial charge on any atom is 0.129 e. The highest BCUT2D eigenvalue weighted by Gasteiger charge is 2.47. The van der Waals surface area contributed by atoms with Gasteiger partial charge in [0, 0.05) is 5.92 Å². The Morgan fingerprint density at radius 1 is 1.38 bits per heavy atom. The summed E-state index contributed by atoms with van der Waals surface area (Å²) < 4.78 is 0. The van der Waals surface area contributed by atoms with Gasteiger partial charge in [-0.15, -0.1) is 0 Å². The zero-order chi connectivity index (χ0) is 10.3. The summed E-state index contributed by atoms with van der Waals surface area (Å²) >= 11 is 0. The molecule has 1 fully saturated rings. The van der Waals surface area contributed by atoms with E-state index in [9.17, 15) is 0 Å². The standard InChI is InChI=1S/C11H21NO/c1-8(9-7-11(9,5)6)12-13-10(2,3)4/h9H,7H2,1-6H3/b12-8+. The van der Waals surface area contributed by atoms with Crippen molar-refractivity contribution in [1.82, 2.24) is 0 Å². The van der Waals surface area contributed by atoms with Crippen molar-refractivity contribution >= 4 is 5.71 Å². The Bertz CT molecular complexity index is 223. The number of hydrogen-bond acceptors (Lipinski definition) is 2. The van der Waals surface area contributed by atoms with Gasteiger partial charge in [0.15, 0.2) is 0 Å². The number of hydrogen-bond donors (Lipinski definition) is 0. The Kier molecular flexibility index (Phi) is 2.44. The fourth-order valence-electron chi connectivity index (χ4n) is 1.45. The Morgan fingerprint density at radius 2 is 1.85 bits per heavy atom. The highest BCUT2D eigenvalue weighted by atomic mass is 16.6. The van der Waals surface area contributed by atoms with E-state index in [-0.39, 0.29) is 5.60 Å². The molecule has 1 aliphatic carbocycles. The fourth-order valence-corrected chi connectivity index (χ4v) is 1.45. The molecule has 1 saturated carbocycles. The summed E-state index contributed by atoms with van der Waals surface area (Å²) in [7, 11) is 0. The van der Waals surface area contributed by atoms with Crippen molar-refractivity contribution in [2.24, 2.45) is 16.5 Å². The molecule has 1 unspecified atom stereocenters. The molecule has 1 aliphatic rings. The molecule has 0 aromatic heterocycles. The van der Waals surface area contributed by atoms with Crippen molar-refractivity contribution in [2.75, 3.05) is 0 Å². The van der Waals surface area contributed by atoms with Gasteiger partial charge >= 0.3 is 0 Å². The van der Waals surface area contributed by atoms with Gasteiger partial charge in [-0.05, 0) is 39.5 Å². The predicted octanol–water partition coefficient (Wildman–Crippen LogP) is 3.22. The van der Waals surface area contributed by atoms with E-state index in [2.05, 4.69) is 25.9 Å². The first-order chi connectivity index (χ1) is 5.72. The molecule has 0 heterocycles. The Labute approximate surface area is 81.3 Å². The lowest BCUT2D eigenvalue weighted by Crippen LogP contribution is -2.17. The molecule has 1 atom stereocenters. The third-order valence-electron chi connectivity index (χ3n) is 2.48. The van der Waals surface area contributed by atoms with Crippen LogP contribution in [0.15, 0.2) is 5.16 Å². The van der Waals surface area contributed by atoms with Crippen LogP contribution in [0.4, 0.5) is 0 Å². The first-order valence-corrected chi connectivity index (χ1v) is 4.95. The fraction of sp³-hybridized carbons (Fsp3) is 0.909. The lowest BCUT2D eigenvalue weighted by atomic mass is 10.1. The molecule has 13 heavy (non-hydrogen) atoms. The maximum absolute atomic E-state index is 5.37. The van der Waals surface area contributed by atoms with Gasteiger partial charge in [-0.25, -0.2) is 0 Å². The molecule has 2 nitrogen and oxygen atoms in total. The van der Waals surface area contributed by atoms with Crippen LogP contribution in [-0.4, -0.2) is 11.3 Å². The number of nitrogens with zero attached hydrogens (tertiary/aromatic N) is 1. The molecule has 0 aromatic rings. The lowest BCUT2D eigenvalue weighted by Gasteiger charge is -2.16. The predicted molar refractivity (Wildman–Crippen MR) is 55.8 cm³/mol. The monoisotopic (exact) mass is 183 g/mol. The van der Waals surface area contributed by atoms with Crippen molar-refractivity contribution in [2.45, 2.75) is 53.6 Å². The van der Waals surface area contributed by atoms with Crippen molar-refractivity contribution in [1.29, 1.82) is 0 Å². The van der Waals surface area contributed by atoms with E-state index in [0.717, 1.165) is 5.71 Å². The van der Waals surface area contributed by atoms with Crippen LogP contribution in [0.1, 0.15) is 48.0 Å². The summed E-state index contributed by atoms with van der Waals surface area (Å²) in [4.78, 5) is 5.37. The highest BCUT2D eigenvalue weighted by Crippen LogP contribution is 2.52. The molecule has 76 valence electrons. The van der Waals surface area contributed by atoms with Crippen LogP contribution in [0.3, 0.4) is 0 Å². The van der Waals surface area contributed by atoms with Crippen LogP contribution in [0, 0.1) is 11.3 Å². The molecule has 0 bridgehead atoms. The second-order valence-corrected chi connectivity index (χ2v) is 5.68. The zero-order valence-electron chi connectivity index (χ0n) is 9.64. The average molecular weight is 183 g/mol. The first-order valence-electron chi connectivity index (χ1n) is 4.95. The van der Waals surface area contributed by atoms with Crippen molar-refractivity contribution in [3.8, 4) is 0 Å². The minimum absolute atomic E-state index is 0.166. The number of oxime groups is 1. The SMILES string of the molecule is C/C(=N\OC(C)(C)C)C1CC1(C)C. The summed E-state index contributed by atoms with van der Waals surface area (Å²) in [5.74, 6) is 0.634. The van der Waals surface area contributed by atoms with Crippen LogP contribution < -0.4 is 0 Å². The van der Waals surface area contributed by atoms with E-state index in [0.29, 0.717) is 11.3 Å². The van der Waals surface area contributed by atoms with Crippen molar-refractivity contribution in [3.05, 3.63) is 0 Å². The molecule has 2 heteroatoms. The molecule has 0 spiro atoms. The van der Waals surface area contributed by atoms with Gasteiger partial charge in [0.25, 0.3) is 0 Å². The van der Waals surface area contributed by atoms with Gasteiger partial charge in [0.1, 0.15) is 5.60 Å². The Hall–Kier alpha value is -0.530. The third kappa shape index (κ3) is 3.02. The van der Waals surface area contributed by atoms with E-state index >= 15 is 0 Å². The maximum atomic E-state index is 5.37. The van der Waals surface area contributed by atoms with Gasteiger partial charge in [-0.3, -0.25) is 0 Å². The van der Waals surface area contributed by atoms with Crippen molar-refractivity contribution < 1.29 is 4.84 Å². The molecule has 0 aliphatic heterocycles. The molecule has 0 amide bonds. The second-order valence-electron chi connectivity index (χ2n) is 5.68. The van der Waals surface area contributed by atoms with Crippen LogP contribution >= 0.6 is 0 Å². The molecular weight excluding hydrogens is 162 g/mol. The van der Waals surface area contributed by atoms with Crippen molar-refractivity contribution in [3.63, 3.8) is 0 Å². The van der Waals surface area contributed by atoms with Gasteiger partial charge < -0.3 is 4.84 Å². The quantitative estimate of drug-likeness (QED) is 0.476.